The second-order valence-corrected chi connectivity index (χ2v) is 5.44. The molecule has 0 spiro atoms. The number of hydrogen-bond donors (Lipinski definition) is 1. The van der Waals surface area contributed by atoms with Crippen molar-refractivity contribution in [3.05, 3.63) is 30.1 Å². The molecule has 0 aliphatic carbocycles. The topological polar surface area (TPSA) is 15.3 Å². The average molecular weight is 266 g/mol. The van der Waals surface area contributed by atoms with E-state index in [0.29, 0.717) is 0 Å². The molecule has 2 nitrogen and oxygen atoms in total. The minimum absolute atomic E-state index is 0.175. The lowest BCUT2D eigenvalue weighted by Gasteiger charge is -2.36. The molecule has 1 aromatic rings. The molecule has 1 aromatic carbocycles. The maximum absolute atomic E-state index is 13.0. The SMILES string of the molecule is CCNCC(C)(CC)CN(CC)c1ccc(F)cc1. The van der Waals surface area contributed by atoms with Gasteiger partial charge in [-0.3, -0.25) is 0 Å². The Morgan fingerprint density at radius 2 is 1.79 bits per heavy atom. The quantitative estimate of drug-likeness (QED) is 0.772. The van der Waals surface area contributed by atoms with Crippen LogP contribution in [-0.4, -0.2) is 26.2 Å². The molecule has 0 saturated heterocycles. The van der Waals surface area contributed by atoms with E-state index in [1.807, 2.05) is 12.1 Å². The summed E-state index contributed by atoms with van der Waals surface area (Å²) in [6.45, 7) is 12.7. The highest BCUT2D eigenvalue weighted by Gasteiger charge is 2.24. The lowest BCUT2D eigenvalue weighted by molar-refractivity contribution is 0.298. The standard InChI is InChI=1S/C16H27FN2/c1-5-16(4,12-18-6-2)13-19(7-3)15-10-8-14(17)9-11-15/h8-11,18H,5-7,12-13H2,1-4H3. The van der Waals surface area contributed by atoms with E-state index in [9.17, 15) is 4.39 Å². The molecule has 0 aromatic heterocycles. The van der Waals surface area contributed by atoms with E-state index in [1.54, 1.807) is 0 Å². The molecule has 1 atom stereocenters. The third-order valence-electron chi connectivity index (χ3n) is 3.80. The Hall–Kier alpha value is -1.09. The van der Waals surface area contributed by atoms with E-state index in [-0.39, 0.29) is 11.2 Å². The van der Waals surface area contributed by atoms with Gasteiger partial charge in [-0.1, -0.05) is 20.8 Å². The highest BCUT2D eigenvalue weighted by molar-refractivity contribution is 5.46. The van der Waals surface area contributed by atoms with Gasteiger partial charge in [-0.15, -0.1) is 0 Å². The number of hydrogen-bond acceptors (Lipinski definition) is 2. The fourth-order valence-corrected chi connectivity index (χ4v) is 2.22. The van der Waals surface area contributed by atoms with Crippen molar-refractivity contribution in [2.24, 2.45) is 5.41 Å². The van der Waals surface area contributed by atoms with Gasteiger partial charge in [0.05, 0.1) is 0 Å². The van der Waals surface area contributed by atoms with Gasteiger partial charge in [0.15, 0.2) is 0 Å². The Morgan fingerprint density at radius 3 is 2.26 bits per heavy atom. The predicted octanol–water partition coefficient (Wildman–Crippen LogP) is 3.68. The summed E-state index contributed by atoms with van der Waals surface area (Å²) in [6.07, 6.45) is 1.12. The number of benzene rings is 1. The van der Waals surface area contributed by atoms with Crippen molar-refractivity contribution in [1.82, 2.24) is 5.32 Å². The van der Waals surface area contributed by atoms with Gasteiger partial charge in [0, 0.05) is 25.3 Å². The first-order valence-corrected chi connectivity index (χ1v) is 7.26. The first-order valence-electron chi connectivity index (χ1n) is 7.26. The van der Waals surface area contributed by atoms with Crippen LogP contribution in [0.5, 0.6) is 0 Å². The Kier molecular flexibility index (Phi) is 6.29. The number of anilines is 1. The zero-order valence-electron chi connectivity index (χ0n) is 12.7. The van der Waals surface area contributed by atoms with Crippen molar-refractivity contribution < 1.29 is 4.39 Å². The number of nitrogens with zero attached hydrogens (tertiary/aromatic N) is 1. The van der Waals surface area contributed by atoms with Crippen LogP contribution >= 0.6 is 0 Å². The summed E-state index contributed by atoms with van der Waals surface area (Å²) < 4.78 is 13.0. The second kappa shape index (κ2) is 7.49. The van der Waals surface area contributed by atoms with E-state index in [1.165, 1.54) is 12.1 Å². The summed E-state index contributed by atoms with van der Waals surface area (Å²) >= 11 is 0. The van der Waals surface area contributed by atoms with Gasteiger partial charge in [0.1, 0.15) is 5.82 Å². The van der Waals surface area contributed by atoms with Crippen LogP contribution in [0.3, 0.4) is 0 Å². The molecule has 0 bridgehead atoms. The molecule has 0 amide bonds. The predicted molar refractivity (Wildman–Crippen MR) is 81.2 cm³/mol. The van der Waals surface area contributed by atoms with Gasteiger partial charge in [0.2, 0.25) is 0 Å². The third kappa shape index (κ3) is 4.83. The highest BCUT2D eigenvalue weighted by atomic mass is 19.1. The van der Waals surface area contributed by atoms with Gasteiger partial charge in [-0.2, -0.15) is 0 Å². The first-order chi connectivity index (χ1) is 9.04. The number of nitrogens with one attached hydrogen (secondary N) is 1. The van der Waals surface area contributed by atoms with E-state index in [2.05, 4.69) is 37.9 Å². The molecule has 3 heteroatoms. The molecular formula is C16H27FN2. The summed E-state index contributed by atoms with van der Waals surface area (Å²) in [5.41, 5.74) is 1.33. The lowest BCUT2D eigenvalue weighted by Crippen LogP contribution is -2.42. The fraction of sp³-hybridized carbons (Fsp3) is 0.625. The van der Waals surface area contributed by atoms with Crippen LogP contribution in [0.15, 0.2) is 24.3 Å². The second-order valence-electron chi connectivity index (χ2n) is 5.44. The highest BCUT2D eigenvalue weighted by Crippen LogP contribution is 2.25. The van der Waals surface area contributed by atoms with Crippen LogP contribution in [0.1, 0.15) is 34.1 Å². The van der Waals surface area contributed by atoms with Crippen LogP contribution in [0.2, 0.25) is 0 Å². The molecular weight excluding hydrogens is 239 g/mol. The normalized spacial score (nSPS) is 14.2. The van der Waals surface area contributed by atoms with Crippen LogP contribution < -0.4 is 10.2 Å². The van der Waals surface area contributed by atoms with Crippen LogP contribution in [0, 0.1) is 11.2 Å². The largest absolute Gasteiger partial charge is 0.371 e. The molecule has 0 saturated carbocycles. The van der Waals surface area contributed by atoms with Crippen LogP contribution in [0.4, 0.5) is 10.1 Å². The smallest absolute Gasteiger partial charge is 0.123 e. The van der Waals surface area contributed by atoms with E-state index in [0.717, 1.165) is 38.3 Å². The Morgan fingerprint density at radius 1 is 1.16 bits per heavy atom. The zero-order chi connectivity index (χ0) is 14.3. The maximum atomic E-state index is 13.0. The number of halogens is 1. The lowest BCUT2D eigenvalue weighted by atomic mass is 9.86. The molecule has 0 aliphatic rings. The number of rotatable bonds is 8. The average Bonchev–Trinajstić information content (AvgIpc) is 2.44. The van der Waals surface area contributed by atoms with Crippen molar-refractivity contribution in [2.45, 2.75) is 34.1 Å². The molecule has 108 valence electrons. The van der Waals surface area contributed by atoms with E-state index in [4.69, 9.17) is 0 Å². The molecule has 0 heterocycles. The summed E-state index contributed by atoms with van der Waals surface area (Å²) in [4.78, 5) is 2.32. The Bertz CT molecular complexity index is 364. The zero-order valence-corrected chi connectivity index (χ0v) is 12.7. The van der Waals surface area contributed by atoms with Crippen molar-refractivity contribution in [2.75, 3.05) is 31.1 Å². The monoisotopic (exact) mass is 266 g/mol. The van der Waals surface area contributed by atoms with Gasteiger partial charge in [-0.05, 0) is 49.6 Å². The van der Waals surface area contributed by atoms with Crippen molar-refractivity contribution >= 4 is 5.69 Å². The van der Waals surface area contributed by atoms with Crippen LogP contribution in [-0.2, 0) is 0 Å². The van der Waals surface area contributed by atoms with Crippen molar-refractivity contribution in [3.63, 3.8) is 0 Å². The van der Waals surface area contributed by atoms with Crippen molar-refractivity contribution in [3.8, 4) is 0 Å². The molecule has 0 fully saturated rings. The van der Waals surface area contributed by atoms with Gasteiger partial charge in [0.25, 0.3) is 0 Å². The Balaban J connectivity index is 2.76. The molecule has 0 aliphatic heterocycles. The fourth-order valence-electron chi connectivity index (χ4n) is 2.22. The van der Waals surface area contributed by atoms with Crippen LogP contribution in [0.25, 0.3) is 0 Å². The molecule has 1 rings (SSSR count). The minimum Gasteiger partial charge on any atom is -0.371 e. The molecule has 1 unspecified atom stereocenters. The van der Waals surface area contributed by atoms with Gasteiger partial charge < -0.3 is 10.2 Å². The minimum atomic E-state index is -0.175. The Labute approximate surface area is 117 Å². The first kappa shape index (κ1) is 16.0. The van der Waals surface area contributed by atoms with Gasteiger partial charge >= 0.3 is 0 Å². The molecule has 0 radical (unpaired) electrons. The summed E-state index contributed by atoms with van der Waals surface area (Å²) in [5.74, 6) is -0.175. The molecule has 1 N–H and O–H groups in total. The summed E-state index contributed by atoms with van der Waals surface area (Å²) in [6, 6.07) is 6.79. The van der Waals surface area contributed by atoms with Crippen molar-refractivity contribution in [1.29, 1.82) is 0 Å². The summed E-state index contributed by atoms with van der Waals surface area (Å²) in [5, 5.41) is 3.44. The third-order valence-corrected chi connectivity index (χ3v) is 3.80. The molecule has 19 heavy (non-hydrogen) atoms. The van der Waals surface area contributed by atoms with Gasteiger partial charge in [-0.25, -0.2) is 4.39 Å². The van der Waals surface area contributed by atoms with E-state index < -0.39 is 0 Å². The van der Waals surface area contributed by atoms with E-state index >= 15 is 0 Å². The summed E-state index contributed by atoms with van der Waals surface area (Å²) in [7, 11) is 0. The maximum Gasteiger partial charge on any atom is 0.123 e.